The molecule has 1 unspecified atom stereocenters. The SMILES string of the molecule is CC(C)CC(CO)NC(=O)c1cccc(-c2noc(C3CC3)n2)c1. The summed E-state index contributed by atoms with van der Waals surface area (Å²) in [5.74, 6) is 1.78. The lowest BCUT2D eigenvalue weighted by molar-refractivity contribution is 0.0908. The molecule has 3 rings (SSSR count). The third-order valence-corrected chi connectivity index (χ3v) is 4.06. The molecule has 1 aromatic carbocycles. The monoisotopic (exact) mass is 329 g/mol. The molecule has 6 heteroatoms. The number of benzene rings is 1. The van der Waals surface area contributed by atoms with Crippen molar-refractivity contribution in [3.8, 4) is 11.4 Å². The number of hydrogen-bond acceptors (Lipinski definition) is 5. The largest absolute Gasteiger partial charge is 0.394 e. The zero-order valence-corrected chi connectivity index (χ0v) is 14.0. The van der Waals surface area contributed by atoms with Gasteiger partial charge in [-0.2, -0.15) is 4.98 Å². The van der Waals surface area contributed by atoms with Crippen LogP contribution < -0.4 is 5.32 Å². The molecular formula is C18H23N3O3. The van der Waals surface area contributed by atoms with E-state index in [0.717, 1.165) is 24.8 Å². The molecule has 1 fully saturated rings. The Kier molecular flexibility index (Phi) is 4.94. The van der Waals surface area contributed by atoms with Crippen LogP contribution in [0.15, 0.2) is 28.8 Å². The number of aliphatic hydroxyl groups excluding tert-OH is 1. The lowest BCUT2D eigenvalue weighted by Crippen LogP contribution is -2.38. The second-order valence-corrected chi connectivity index (χ2v) is 6.79. The minimum Gasteiger partial charge on any atom is -0.394 e. The Labute approximate surface area is 141 Å². The standard InChI is InChI=1S/C18H23N3O3/c1-11(2)8-15(10-22)19-17(23)14-5-3-4-13(9-14)16-20-18(24-21-16)12-6-7-12/h3-5,9,11-12,15,22H,6-8,10H2,1-2H3,(H,19,23). The van der Waals surface area contributed by atoms with E-state index in [1.54, 1.807) is 18.2 Å². The highest BCUT2D eigenvalue weighted by Crippen LogP contribution is 2.39. The number of nitrogens with zero attached hydrogens (tertiary/aromatic N) is 2. The Morgan fingerprint density at radius 1 is 1.42 bits per heavy atom. The molecule has 2 N–H and O–H groups in total. The predicted octanol–water partition coefficient (Wildman–Crippen LogP) is 2.75. The molecule has 6 nitrogen and oxygen atoms in total. The summed E-state index contributed by atoms with van der Waals surface area (Å²) in [7, 11) is 0. The third-order valence-electron chi connectivity index (χ3n) is 4.06. The number of amides is 1. The molecule has 1 atom stereocenters. The molecule has 1 amide bonds. The summed E-state index contributed by atoms with van der Waals surface area (Å²) in [6, 6.07) is 6.90. The fourth-order valence-electron chi connectivity index (χ4n) is 2.66. The van der Waals surface area contributed by atoms with Crippen LogP contribution in [0.4, 0.5) is 0 Å². The van der Waals surface area contributed by atoms with Crippen molar-refractivity contribution < 1.29 is 14.4 Å². The van der Waals surface area contributed by atoms with Crippen molar-refractivity contribution in [2.45, 2.75) is 45.1 Å². The molecule has 24 heavy (non-hydrogen) atoms. The Balaban J connectivity index is 1.72. The van der Waals surface area contributed by atoms with Crippen LogP contribution in [0.25, 0.3) is 11.4 Å². The van der Waals surface area contributed by atoms with E-state index in [9.17, 15) is 9.90 Å². The van der Waals surface area contributed by atoms with E-state index in [1.807, 2.05) is 6.07 Å². The van der Waals surface area contributed by atoms with Crippen molar-refractivity contribution >= 4 is 5.91 Å². The molecule has 1 saturated carbocycles. The summed E-state index contributed by atoms with van der Waals surface area (Å²) in [4.78, 5) is 16.8. The van der Waals surface area contributed by atoms with Crippen molar-refractivity contribution in [3.05, 3.63) is 35.7 Å². The van der Waals surface area contributed by atoms with Crippen LogP contribution in [0.3, 0.4) is 0 Å². The van der Waals surface area contributed by atoms with Gasteiger partial charge in [0, 0.05) is 17.0 Å². The van der Waals surface area contributed by atoms with Crippen LogP contribution in [0.5, 0.6) is 0 Å². The Morgan fingerprint density at radius 3 is 2.88 bits per heavy atom. The number of hydrogen-bond donors (Lipinski definition) is 2. The maximum absolute atomic E-state index is 12.4. The minimum atomic E-state index is -0.243. The summed E-state index contributed by atoms with van der Waals surface area (Å²) >= 11 is 0. The first kappa shape index (κ1) is 16.6. The van der Waals surface area contributed by atoms with Gasteiger partial charge in [0.1, 0.15) is 0 Å². The first-order valence-corrected chi connectivity index (χ1v) is 8.42. The maximum atomic E-state index is 12.4. The lowest BCUT2D eigenvalue weighted by Gasteiger charge is -2.18. The molecule has 1 aromatic heterocycles. The molecule has 1 aliphatic rings. The molecule has 0 radical (unpaired) electrons. The zero-order valence-electron chi connectivity index (χ0n) is 14.0. The smallest absolute Gasteiger partial charge is 0.251 e. The van der Waals surface area contributed by atoms with E-state index in [2.05, 4.69) is 29.3 Å². The van der Waals surface area contributed by atoms with Gasteiger partial charge in [-0.15, -0.1) is 0 Å². The summed E-state index contributed by atoms with van der Waals surface area (Å²) in [6.45, 7) is 4.05. The average Bonchev–Trinajstić information content (AvgIpc) is 3.31. The van der Waals surface area contributed by atoms with Gasteiger partial charge in [-0.3, -0.25) is 4.79 Å². The van der Waals surface area contributed by atoms with Crippen molar-refractivity contribution in [2.24, 2.45) is 5.92 Å². The van der Waals surface area contributed by atoms with Gasteiger partial charge < -0.3 is 14.9 Å². The number of carbonyl (C=O) groups excluding carboxylic acids is 1. The van der Waals surface area contributed by atoms with Crippen LogP contribution in [0.1, 0.15) is 55.3 Å². The number of rotatable bonds is 7. The number of aromatic nitrogens is 2. The van der Waals surface area contributed by atoms with Gasteiger partial charge in [0.25, 0.3) is 5.91 Å². The van der Waals surface area contributed by atoms with Crippen LogP contribution in [-0.2, 0) is 0 Å². The van der Waals surface area contributed by atoms with E-state index in [1.165, 1.54) is 0 Å². The molecule has 0 spiro atoms. The fraction of sp³-hybridized carbons (Fsp3) is 0.500. The summed E-state index contributed by atoms with van der Waals surface area (Å²) in [6.07, 6.45) is 2.93. The molecule has 0 bridgehead atoms. The highest BCUT2D eigenvalue weighted by molar-refractivity contribution is 5.95. The maximum Gasteiger partial charge on any atom is 0.251 e. The predicted molar refractivity (Wildman–Crippen MR) is 89.5 cm³/mol. The van der Waals surface area contributed by atoms with Crippen LogP contribution in [0.2, 0.25) is 0 Å². The minimum absolute atomic E-state index is 0.0702. The molecule has 1 heterocycles. The van der Waals surface area contributed by atoms with E-state index < -0.39 is 0 Å². The van der Waals surface area contributed by atoms with Gasteiger partial charge >= 0.3 is 0 Å². The highest BCUT2D eigenvalue weighted by atomic mass is 16.5. The first-order chi connectivity index (χ1) is 11.6. The van der Waals surface area contributed by atoms with Gasteiger partial charge in [-0.05, 0) is 37.3 Å². The fourth-order valence-corrected chi connectivity index (χ4v) is 2.66. The van der Waals surface area contributed by atoms with Crippen LogP contribution >= 0.6 is 0 Å². The van der Waals surface area contributed by atoms with E-state index in [4.69, 9.17) is 4.52 Å². The molecule has 0 aliphatic heterocycles. The first-order valence-electron chi connectivity index (χ1n) is 8.42. The lowest BCUT2D eigenvalue weighted by atomic mass is 10.0. The van der Waals surface area contributed by atoms with Crippen LogP contribution in [0, 0.1) is 5.92 Å². The molecule has 128 valence electrons. The van der Waals surface area contributed by atoms with Gasteiger partial charge in [0.15, 0.2) is 0 Å². The Bertz CT molecular complexity index is 707. The van der Waals surface area contributed by atoms with Crippen molar-refractivity contribution in [3.63, 3.8) is 0 Å². The number of carbonyl (C=O) groups is 1. The average molecular weight is 329 g/mol. The van der Waals surface area contributed by atoms with Crippen molar-refractivity contribution in [1.82, 2.24) is 15.5 Å². The summed E-state index contributed by atoms with van der Waals surface area (Å²) in [5.41, 5.74) is 1.27. The number of nitrogens with one attached hydrogen (secondary N) is 1. The Hall–Kier alpha value is -2.21. The van der Waals surface area contributed by atoms with Gasteiger partial charge in [0.05, 0.1) is 12.6 Å². The van der Waals surface area contributed by atoms with E-state index in [-0.39, 0.29) is 18.6 Å². The highest BCUT2D eigenvalue weighted by Gasteiger charge is 2.29. The zero-order chi connectivity index (χ0) is 17.1. The summed E-state index contributed by atoms with van der Waals surface area (Å²) in [5, 5.41) is 16.3. The van der Waals surface area contributed by atoms with Gasteiger partial charge in [-0.1, -0.05) is 31.1 Å². The second-order valence-electron chi connectivity index (χ2n) is 6.79. The molecular weight excluding hydrogens is 306 g/mol. The molecule has 0 saturated heterocycles. The molecule has 1 aliphatic carbocycles. The molecule has 2 aromatic rings. The normalized spacial score (nSPS) is 15.5. The third kappa shape index (κ3) is 4.00. The number of aliphatic hydroxyl groups is 1. The van der Waals surface area contributed by atoms with Crippen molar-refractivity contribution in [2.75, 3.05) is 6.61 Å². The quantitative estimate of drug-likeness (QED) is 0.815. The van der Waals surface area contributed by atoms with E-state index >= 15 is 0 Å². The van der Waals surface area contributed by atoms with E-state index in [0.29, 0.717) is 29.1 Å². The van der Waals surface area contributed by atoms with Gasteiger partial charge in [0.2, 0.25) is 11.7 Å². The van der Waals surface area contributed by atoms with Crippen molar-refractivity contribution in [1.29, 1.82) is 0 Å². The topological polar surface area (TPSA) is 88.2 Å². The van der Waals surface area contributed by atoms with Gasteiger partial charge in [-0.25, -0.2) is 0 Å². The summed E-state index contributed by atoms with van der Waals surface area (Å²) < 4.78 is 5.27. The second kappa shape index (κ2) is 7.13. The Morgan fingerprint density at radius 2 is 2.21 bits per heavy atom. The van der Waals surface area contributed by atoms with Crippen LogP contribution in [-0.4, -0.2) is 33.8 Å².